The number of anilines is 1. The Labute approximate surface area is 204 Å². The smallest absolute Gasteiger partial charge is 0.411 e. The van der Waals surface area contributed by atoms with Gasteiger partial charge in [-0.25, -0.2) is 4.79 Å². The van der Waals surface area contributed by atoms with E-state index in [9.17, 15) is 19.5 Å². The predicted molar refractivity (Wildman–Crippen MR) is 134 cm³/mol. The number of rotatable bonds is 8. The Morgan fingerprint density at radius 1 is 0.914 bits per heavy atom. The average Bonchev–Trinajstić information content (AvgIpc) is 3.16. The lowest BCUT2D eigenvalue weighted by Crippen LogP contribution is -2.32. The van der Waals surface area contributed by atoms with E-state index in [1.54, 1.807) is 38.1 Å². The summed E-state index contributed by atoms with van der Waals surface area (Å²) in [5, 5.41) is 14.6. The lowest BCUT2D eigenvalue weighted by molar-refractivity contribution is -0.147. The highest BCUT2D eigenvalue weighted by molar-refractivity contribution is 5.96. The van der Waals surface area contributed by atoms with Crippen LogP contribution in [0.15, 0.2) is 72.8 Å². The van der Waals surface area contributed by atoms with E-state index in [4.69, 9.17) is 4.74 Å². The van der Waals surface area contributed by atoms with Gasteiger partial charge in [-0.05, 0) is 60.7 Å². The van der Waals surface area contributed by atoms with Crippen molar-refractivity contribution in [1.29, 1.82) is 0 Å². The van der Waals surface area contributed by atoms with E-state index in [1.165, 1.54) is 0 Å². The Bertz CT molecular complexity index is 1220. The second-order valence-electron chi connectivity index (χ2n) is 9.23. The van der Waals surface area contributed by atoms with E-state index in [-0.39, 0.29) is 25.0 Å². The minimum atomic E-state index is -0.930. The van der Waals surface area contributed by atoms with Crippen molar-refractivity contribution < 1.29 is 24.2 Å². The maximum atomic E-state index is 12.5. The van der Waals surface area contributed by atoms with Crippen molar-refractivity contribution in [3.63, 3.8) is 0 Å². The molecule has 2 amide bonds. The number of hydrogen-bond donors (Lipinski definition) is 3. The molecular weight excluding hydrogens is 444 g/mol. The fraction of sp³-hybridized carbons (Fsp3) is 0.250. The zero-order valence-electron chi connectivity index (χ0n) is 19.7. The number of carboxylic acid groups (broad SMARTS) is 1. The topological polar surface area (TPSA) is 105 Å². The molecule has 0 radical (unpaired) electrons. The Morgan fingerprint density at radius 3 is 2.17 bits per heavy atom. The fourth-order valence-electron chi connectivity index (χ4n) is 4.19. The third-order valence-electron chi connectivity index (χ3n) is 6.33. The third-order valence-corrected chi connectivity index (χ3v) is 6.33. The molecule has 0 spiro atoms. The summed E-state index contributed by atoms with van der Waals surface area (Å²) >= 11 is 0. The van der Waals surface area contributed by atoms with Crippen LogP contribution in [0, 0.1) is 5.41 Å². The van der Waals surface area contributed by atoms with Crippen molar-refractivity contribution in [3.05, 3.63) is 89.5 Å². The van der Waals surface area contributed by atoms with Crippen molar-refractivity contribution in [1.82, 2.24) is 5.32 Å². The van der Waals surface area contributed by atoms with Crippen molar-refractivity contribution in [2.75, 3.05) is 18.5 Å². The molecule has 7 heteroatoms. The van der Waals surface area contributed by atoms with Gasteiger partial charge in [-0.1, -0.05) is 54.6 Å². The lowest BCUT2D eigenvalue weighted by atomic mass is 9.90. The van der Waals surface area contributed by atoms with Gasteiger partial charge in [0.05, 0.1) is 5.41 Å². The zero-order valence-corrected chi connectivity index (χ0v) is 19.7. The van der Waals surface area contributed by atoms with Crippen molar-refractivity contribution in [2.24, 2.45) is 5.41 Å². The van der Waals surface area contributed by atoms with Crippen LogP contribution in [0.25, 0.3) is 11.1 Å². The van der Waals surface area contributed by atoms with Gasteiger partial charge >= 0.3 is 12.1 Å². The van der Waals surface area contributed by atoms with Crippen LogP contribution < -0.4 is 10.6 Å². The third kappa shape index (κ3) is 5.35. The summed E-state index contributed by atoms with van der Waals surface area (Å²) in [6, 6.07) is 22.8. The molecule has 3 aromatic rings. The van der Waals surface area contributed by atoms with Crippen molar-refractivity contribution in [3.8, 4) is 11.1 Å². The number of benzene rings is 3. The molecule has 0 atom stereocenters. The molecule has 0 saturated heterocycles. The van der Waals surface area contributed by atoms with E-state index in [0.29, 0.717) is 17.7 Å². The Kier molecular flexibility index (Phi) is 6.87. The van der Waals surface area contributed by atoms with Crippen LogP contribution in [0.2, 0.25) is 0 Å². The largest absolute Gasteiger partial charge is 0.481 e. The van der Waals surface area contributed by atoms with E-state index in [0.717, 1.165) is 22.3 Å². The van der Waals surface area contributed by atoms with Crippen LogP contribution in [0.4, 0.5) is 10.5 Å². The summed E-state index contributed by atoms with van der Waals surface area (Å²) < 4.78 is 5.56. The van der Waals surface area contributed by atoms with Gasteiger partial charge in [0.2, 0.25) is 0 Å². The molecule has 1 aliphatic rings. The molecule has 0 fully saturated rings. The molecule has 7 nitrogen and oxygen atoms in total. The summed E-state index contributed by atoms with van der Waals surface area (Å²) in [4.78, 5) is 36.2. The predicted octanol–water partition coefficient (Wildman–Crippen LogP) is 5.28. The Morgan fingerprint density at radius 2 is 1.54 bits per heavy atom. The van der Waals surface area contributed by atoms with Gasteiger partial charge in [0.15, 0.2) is 0 Å². The molecule has 3 aromatic carbocycles. The number of amides is 2. The lowest BCUT2D eigenvalue weighted by Gasteiger charge is -2.19. The van der Waals surface area contributed by atoms with E-state index in [1.807, 2.05) is 24.3 Å². The number of nitrogens with one attached hydrogen (secondary N) is 2. The first kappa shape index (κ1) is 24.0. The van der Waals surface area contributed by atoms with Crippen molar-refractivity contribution >= 4 is 23.7 Å². The van der Waals surface area contributed by atoms with Crippen LogP contribution >= 0.6 is 0 Å². The summed E-state index contributed by atoms with van der Waals surface area (Å²) in [6.45, 7) is 3.64. The van der Waals surface area contributed by atoms with Gasteiger partial charge in [0.1, 0.15) is 6.61 Å². The number of aliphatic carboxylic acids is 1. The number of fused-ring (bicyclic) bond motifs is 3. The van der Waals surface area contributed by atoms with E-state index in [2.05, 4.69) is 34.9 Å². The minimum absolute atomic E-state index is 0.0414. The van der Waals surface area contributed by atoms with Gasteiger partial charge in [-0.2, -0.15) is 0 Å². The molecule has 180 valence electrons. The zero-order chi connectivity index (χ0) is 25.0. The second-order valence-corrected chi connectivity index (χ2v) is 9.23. The molecule has 0 bridgehead atoms. The Balaban J connectivity index is 1.34. The maximum absolute atomic E-state index is 12.5. The van der Waals surface area contributed by atoms with Gasteiger partial charge < -0.3 is 15.2 Å². The highest BCUT2D eigenvalue weighted by Crippen LogP contribution is 2.44. The molecular formula is C28H28N2O5. The number of carbonyl (C=O) groups is 3. The van der Waals surface area contributed by atoms with Gasteiger partial charge in [0, 0.05) is 23.7 Å². The van der Waals surface area contributed by atoms with Crippen LogP contribution in [0.3, 0.4) is 0 Å². The SMILES string of the molecule is CC(C)(CCNC(=O)c1cccc(NC(=O)OCC2c3ccccc3-c3ccccc32)c1)C(=O)O. The molecule has 1 aliphatic carbocycles. The van der Waals surface area contributed by atoms with Crippen LogP contribution in [0.1, 0.15) is 47.7 Å². The van der Waals surface area contributed by atoms with Crippen LogP contribution in [-0.4, -0.2) is 36.2 Å². The first-order chi connectivity index (χ1) is 16.8. The summed E-state index contributed by atoms with van der Waals surface area (Å²) in [5.74, 6) is -1.30. The van der Waals surface area contributed by atoms with Gasteiger partial charge in [-0.15, -0.1) is 0 Å². The number of ether oxygens (including phenoxy) is 1. The maximum Gasteiger partial charge on any atom is 0.411 e. The molecule has 0 unspecified atom stereocenters. The molecule has 0 aliphatic heterocycles. The van der Waals surface area contributed by atoms with Crippen molar-refractivity contribution in [2.45, 2.75) is 26.2 Å². The first-order valence-electron chi connectivity index (χ1n) is 11.5. The monoisotopic (exact) mass is 472 g/mol. The highest BCUT2D eigenvalue weighted by Gasteiger charge is 2.29. The number of carbonyl (C=O) groups excluding carboxylic acids is 2. The standard InChI is InChI=1S/C28H28N2O5/c1-28(2,26(32)33)14-15-29-25(31)18-8-7-9-19(16-18)30-27(34)35-17-24-22-12-5-3-10-20(22)21-11-4-6-13-23(21)24/h3-13,16,24H,14-15,17H2,1-2H3,(H,29,31)(H,30,34)(H,32,33). The molecule has 0 saturated carbocycles. The summed E-state index contributed by atoms with van der Waals surface area (Å²) in [5.41, 5.74) is 4.43. The fourth-order valence-corrected chi connectivity index (χ4v) is 4.19. The number of hydrogen-bond acceptors (Lipinski definition) is 4. The molecule has 4 rings (SSSR count). The summed E-state index contributed by atoms with van der Waals surface area (Å²) in [6.07, 6.45) is -0.307. The molecule has 3 N–H and O–H groups in total. The average molecular weight is 473 g/mol. The highest BCUT2D eigenvalue weighted by atomic mass is 16.5. The first-order valence-corrected chi connectivity index (χ1v) is 11.5. The van der Waals surface area contributed by atoms with E-state index >= 15 is 0 Å². The normalized spacial score (nSPS) is 12.4. The molecule has 35 heavy (non-hydrogen) atoms. The minimum Gasteiger partial charge on any atom is -0.481 e. The summed E-state index contributed by atoms with van der Waals surface area (Å²) in [7, 11) is 0. The van der Waals surface area contributed by atoms with Gasteiger partial charge in [-0.3, -0.25) is 14.9 Å². The number of carboxylic acids is 1. The molecule has 0 heterocycles. The second kappa shape index (κ2) is 10.0. The quantitative estimate of drug-likeness (QED) is 0.414. The molecule has 0 aromatic heterocycles. The van der Waals surface area contributed by atoms with Gasteiger partial charge in [0.25, 0.3) is 5.91 Å². The Hall–Kier alpha value is -4.13. The van der Waals surface area contributed by atoms with Crippen LogP contribution in [0.5, 0.6) is 0 Å². The van der Waals surface area contributed by atoms with Crippen LogP contribution in [-0.2, 0) is 9.53 Å². The van der Waals surface area contributed by atoms with E-state index < -0.39 is 17.5 Å².